The molecule has 1 aromatic carbocycles. The first-order valence-corrected chi connectivity index (χ1v) is 6.67. The number of nitrogens with two attached hydrogens (primary N) is 3. The fourth-order valence-corrected chi connectivity index (χ4v) is 2.11. The van der Waals surface area contributed by atoms with Gasteiger partial charge < -0.3 is 11.2 Å². The van der Waals surface area contributed by atoms with Crippen molar-refractivity contribution >= 4 is 11.5 Å². The number of hydrogen-bond acceptors (Lipinski definition) is 6. The van der Waals surface area contributed by atoms with Gasteiger partial charge in [-0.15, -0.1) is 0 Å². The topological polar surface area (TPSA) is 106 Å². The number of pyridine rings is 1. The molecule has 0 radical (unpaired) electrons. The van der Waals surface area contributed by atoms with E-state index >= 15 is 0 Å². The van der Waals surface area contributed by atoms with Crippen LogP contribution in [0.1, 0.15) is 16.7 Å². The van der Waals surface area contributed by atoms with Crippen molar-refractivity contribution in [2.24, 2.45) is 17.4 Å². The van der Waals surface area contributed by atoms with Crippen LogP contribution in [0.25, 0.3) is 5.70 Å². The van der Waals surface area contributed by atoms with Gasteiger partial charge in [-0.25, -0.2) is 15.2 Å². The zero-order chi connectivity index (χ0) is 16.1. The number of aryl methyl sites for hydroxylation is 1. The zero-order valence-corrected chi connectivity index (χ0v) is 12.3. The molecule has 0 fully saturated rings. The molecule has 7 N–H and O–H groups in total. The van der Waals surface area contributed by atoms with Crippen molar-refractivity contribution in [2.75, 3.05) is 5.01 Å². The Morgan fingerprint density at radius 2 is 2.18 bits per heavy atom. The number of nitrogens with one attached hydrogen (secondary N) is 1. The first-order chi connectivity index (χ1) is 10.5. The highest BCUT2D eigenvalue weighted by Gasteiger charge is 2.13. The molecule has 2 aromatic rings. The lowest BCUT2D eigenvalue weighted by Crippen LogP contribution is -2.32. The van der Waals surface area contributed by atoms with Gasteiger partial charge in [0.1, 0.15) is 5.82 Å². The van der Waals surface area contributed by atoms with Crippen LogP contribution in [0.2, 0.25) is 0 Å². The van der Waals surface area contributed by atoms with Gasteiger partial charge in [0.25, 0.3) is 0 Å². The average molecular weight is 302 g/mol. The molecular weight excluding hydrogens is 283 g/mol. The van der Waals surface area contributed by atoms with Crippen molar-refractivity contribution in [3.05, 3.63) is 65.2 Å². The highest BCUT2D eigenvalue weighted by Crippen LogP contribution is 2.22. The zero-order valence-electron chi connectivity index (χ0n) is 12.3. The monoisotopic (exact) mass is 302 g/mol. The summed E-state index contributed by atoms with van der Waals surface area (Å²) in [5.41, 5.74) is 11.1. The van der Waals surface area contributed by atoms with Crippen molar-refractivity contribution in [3.63, 3.8) is 0 Å². The number of nitrogens with zero attached hydrogens (tertiary/aromatic N) is 2. The van der Waals surface area contributed by atoms with Crippen LogP contribution in [-0.4, -0.2) is 4.98 Å². The third-order valence-corrected chi connectivity index (χ3v) is 3.25. The van der Waals surface area contributed by atoms with Gasteiger partial charge >= 0.3 is 0 Å². The van der Waals surface area contributed by atoms with E-state index in [2.05, 4.69) is 10.4 Å². The van der Waals surface area contributed by atoms with Crippen LogP contribution in [-0.2, 0) is 6.54 Å². The van der Waals surface area contributed by atoms with Crippen molar-refractivity contribution < 1.29 is 4.39 Å². The SMILES string of the molecule is Cc1cc(F)ccc1CN(N)c1ncccc1/C(N)=C/NN. The van der Waals surface area contributed by atoms with Crippen LogP contribution in [0.5, 0.6) is 0 Å². The van der Waals surface area contributed by atoms with Crippen molar-refractivity contribution in [1.82, 2.24) is 10.4 Å². The molecule has 2 rings (SSSR count). The Kier molecular flexibility index (Phi) is 4.92. The molecule has 0 aliphatic heterocycles. The van der Waals surface area contributed by atoms with E-state index in [1.165, 1.54) is 23.3 Å². The number of hydrazine groups is 2. The van der Waals surface area contributed by atoms with E-state index in [1.807, 2.05) is 6.92 Å². The second kappa shape index (κ2) is 6.88. The summed E-state index contributed by atoms with van der Waals surface area (Å²) >= 11 is 0. The summed E-state index contributed by atoms with van der Waals surface area (Å²) in [5, 5.41) is 1.47. The van der Waals surface area contributed by atoms with Gasteiger partial charge in [0.2, 0.25) is 0 Å². The fraction of sp³-hybridized carbons (Fsp3) is 0.133. The van der Waals surface area contributed by atoms with Crippen LogP contribution in [0.3, 0.4) is 0 Å². The molecule has 0 saturated carbocycles. The molecule has 0 saturated heterocycles. The Bertz CT molecular complexity index is 685. The van der Waals surface area contributed by atoms with E-state index in [-0.39, 0.29) is 5.82 Å². The summed E-state index contributed by atoms with van der Waals surface area (Å²) in [4.78, 5) is 4.26. The number of hydrogen-bond donors (Lipinski definition) is 4. The fourth-order valence-electron chi connectivity index (χ4n) is 2.11. The molecule has 0 atom stereocenters. The lowest BCUT2D eigenvalue weighted by atomic mass is 10.1. The van der Waals surface area contributed by atoms with E-state index in [0.717, 1.165) is 11.1 Å². The maximum atomic E-state index is 13.2. The highest BCUT2D eigenvalue weighted by atomic mass is 19.1. The Balaban J connectivity index is 2.30. The lowest BCUT2D eigenvalue weighted by molar-refractivity contribution is 0.625. The predicted octanol–water partition coefficient (Wildman–Crippen LogP) is 1.13. The van der Waals surface area contributed by atoms with E-state index in [0.29, 0.717) is 23.6 Å². The second-order valence-electron chi connectivity index (χ2n) is 4.84. The van der Waals surface area contributed by atoms with Gasteiger partial charge in [0, 0.05) is 18.0 Å². The van der Waals surface area contributed by atoms with Gasteiger partial charge in [-0.05, 0) is 42.3 Å². The number of halogens is 1. The quantitative estimate of drug-likeness (QED) is 0.487. The van der Waals surface area contributed by atoms with Crippen molar-refractivity contribution in [1.29, 1.82) is 0 Å². The highest BCUT2D eigenvalue weighted by molar-refractivity contribution is 5.72. The minimum Gasteiger partial charge on any atom is -0.397 e. The molecule has 6 nitrogen and oxygen atoms in total. The molecule has 0 spiro atoms. The normalized spacial score (nSPS) is 11.4. The van der Waals surface area contributed by atoms with Gasteiger partial charge in [-0.1, -0.05) is 6.07 Å². The third-order valence-electron chi connectivity index (χ3n) is 3.25. The maximum absolute atomic E-state index is 13.2. The molecule has 0 amide bonds. The molecule has 7 heteroatoms. The van der Waals surface area contributed by atoms with Gasteiger partial charge in [0.15, 0.2) is 5.82 Å². The molecular formula is C15H19FN6. The molecule has 0 aliphatic rings. The van der Waals surface area contributed by atoms with E-state index in [1.54, 1.807) is 24.4 Å². The van der Waals surface area contributed by atoms with Gasteiger partial charge in [0.05, 0.1) is 12.2 Å². The number of aromatic nitrogens is 1. The summed E-state index contributed by atoms with van der Waals surface area (Å²) < 4.78 is 13.2. The Hall–Kier alpha value is -2.64. The van der Waals surface area contributed by atoms with Crippen molar-refractivity contribution in [3.8, 4) is 0 Å². The van der Waals surface area contributed by atoms with E-state index in [9.17, 15) is 4.39 Å². The first kappa shape index (κ1) is 15.7. The first-order valence-electron chi connectivity index (χ1n) is 6.67. The molecule has 22 heavy (non-hydrogen) atoms. The summed E-state index contributed by atoms with van der Waals surface area (Å²) in [7, 11) is 0. The Morgan fingerprint density at radius 1 is 1.41 bits per heavy atom. The van der Waals surface area contributed by atoms with Crippen molar-refractivity contribution in [2.45, 2.75) is 13.5 Å². The van der Waals surface area contributed by atoms with Crippen LogP contribution in [0.4, 0.5) is 10.2 Å². The van der Waals surface area contributed by atoms with Crippen LogP contribution in [0, 0.1) is 12.7 Å². The number of anilines is 1. The summed E-state index contributed by atoms with van der Waals surface area (Å²) in [6, 6.07) is 8.13. The predicted molar refractivity (Wildman–Crippen MR) is 85.2 cm³/mol. The molecule has 0 unspecified atom stereocenters. The Morgan fingerprint density at radius 3 is 2.86 bits per heavy atom. The van der Waals surface area contributed by atoms with E-state index in [4.69, 9.17) is 17.4 Å². The summed E-state index contributed by atoms with van der Waals surface area (Å²) in [6.45, 7) is 2.21. The van der Waals surface area contributed by atoms with Gasteiger partial charge in [-0.3, -0.25) is 10.9 Å². The minimum atomic E-state index is -0.274. The van der Waals surface area contributed by atoms with E-state index < -0.39 is 0 Å². The number of benzene rings is 1. The summed E-state index contributed by atoms with van der Waals surface area (Å²) in [5.74, 6) is 11.6. The molecule has 1 aromatic heterocycles. The average Bonchev–Trinajstić information content (AvgIpc) is 2.50. The van der Waals surface area contributed by atoms with Gasteiger partial charge in [-0.2, -0.15) is 0 Å². The Labute approximate surface area is 128 Å². The molecule has 0 aliphatic carbocycles. The smallest absolute Gasteiger partial charge is 0.152 e. The van der Waals surface area contributed by atoms with Crippen LogP contribution >= 0.6 is 0 Å². The van der Waals surface area contributed by atoms with Crippen LogP contribution < -0.4 is 27.9 Å². The number of rotatable bonds is 5. The second-order valence-corrected chi connectivity index (χ2v) is 4.84. The molecule has 1 heterocycles. The summed E-state index contributed by atoms with van der Waals surface area (Å²) in [6.07, 6.45) is 3.08. The standard InChI is InChI=1S/C15H19FN6/c1-10-7-12(16)5-4-11(10)9-22(19)15-13(3-2-6-20-15)14(17)8-21-18/h2-8,21H,9,17-19H2,1H3/b14-8-. The molecule has 0 bridgehead atoms. The minimum absolute atomic E-state index is 0.274. The largest absolute Gasteiger partial charge is 0.397 e. The van der Waals surface area contributed by atoms with Crippen LogP contribution in [0.15, 0.2) is 42.7 Å². The third kappa shape index (κ3) is 3.51. The lowest BCUT2D eigenvalue weighted by Gasteiger charge is -2.21. The molecule has 116 valence electrons. The maximum Gasteiger partial charge on any atom is 0.152 e.